The Morgan fingerprint density at radius 2 is 2.54 bits per heavy atom. The smallest absolute Gasteiger partial charge is 0.185 e. The normalized spacial score (nSPS) is 23.5. The topological polar surface area (TPSA) is 42.1 Å². The molecule has 3 nitrogen and oxygen atoms in total. The Balaban J connectivity index is 2.08. The van der Waals surface area contributed by atoms with E-state index >= 15 is 0 Å². The van der Waals surface area contributed by atoms with Crippen molar-refractivity contribution in [2.24, 2.45) is 5.73 Å². The molecule has 2 rings (SSSR count). The van der Waals surface area contributed by atoms with E-state index in [9.17, 15) is 0 Å². The van der Waals surface area contributed by atoms with E-state index in [4.69, 9.17) is 5.73 Å². The molecule has 0 bridgehead atoms. The molecule has 1 atom stereocenters. The zero-order chi connectivity index (χ0) is 9.26. The maximum atomic E-state index is 5.90. The molecule has 0 spiro atoms. The number of anilines is 1. The van der Waals surface area contributed by atoms with Gasteiger partial charge in [-0.3, -0.25) is 0 Å². The van der Waals surface area contributed by atoms with Crippen LogP contribution in [-0.2, 0) is 0 Å². The van der Waals surface area contributed by atoms with Crippen LogP contribution in [-0.4, -0.2) is 24.1 Å². The van der Waals surface area contributed by atoms with Gasteiger partial charge < -0.3 is 10.6 Å². The standard InChI is InChI=1S/C9H15N3S/c1-7-6-13-9(11-7)12-4-2-3-8(10)5-12/h6,8H,2-5,10H2,1H3. The number of hydrogen-bond acceptors (Lipinski definition) is 4. The molecule has 0 aromatic carbocycles. The lowest BCUT2D eigenvalue weighted by molar-refractivity contribution is 0.505. The fourth-order valence-electron chi connectivity index (χ4n) is 1.67. The highest BCUT2D eigenvalue weighted by atomic mass is 32.1. The van der Waals surface area contributed by atoms with Crippen molar-refractivity contribution in [1.29, 1.82) is 0 Å². The SMILES string of the molecule is Cc1csc(N2CCCC(N)C2)n1. The first-order chi connectivity index (χ1) is 6.25. The van der Waals surface area contributed by atoms with Gasteiger partial charge in [-0.1, -0.05) is 0 Å². The summed E-state index contributed by atoms with van der Waals surface area (Å²) in [7, 11) is 0. The van der Waals surface area contributed by atoms with Crippen LogP contribution < -0.4 is 10.6 Å². The molecule has 13 heavy (non-hydrogen) atoms. The van der Waals surface area contributed by atoms with Crippen molar-refractivity contribution in [3.05, 3.63) is 11.1 Å². The fourth-order valence-corrected chi connectivity index (χ4v) is 2.51. The molecule has 1 aromatic rings. The molecule has 0 amide bonds. The van der Waals surface area contributed by atoms with Crippen LogP contribution in [0.4, 0.5) is 5.13 Å². The zero-order valence-electron chi connectivity index (χ0n) is 7.86. The van der Waals surface area contributed by atoms with Gasteiger partial charge >= 0.3 is 0 Å². The van der Waals surface area contributed by atoms with E-state index in [-0.39, 0.29) is 0 Å². The summed E-state index contributed by atoms with van der Waals surface area (Å²) in [5, 5.41) is 3.22. The van der Waals surface area contributed by atoms with Gasteiger partial charge in [-0.25, -0.2) is 4.98 Å². The molecule has 72 valence electrons. The predicted molar refractivity (Wildman–Crippen MR) is 56.3 cm³/mol. The first-order valence-corrected chi connectivity index (χ1v) is 5.56. The third kappa shape index (κ3) is 2.00. The third-order valence-electron chi connectivity index (χ3n) is 2.34. The van der Waals surface area contributed by atoms with Crippen LogP contribution in [0.3, 0.4) is 0 Å². The van der Waals surface area contributed by atoms with Crippen molar-refractivity contribution in [3.63, 3.8) is 0 Å². The highest BCUT2D eigenvalue weighted by molar-refractivity contribution is 7.13. The van der Waals surface area contributed by atoms with Crippen molar-refractivity contribution in [3.8, 4) is 0 Å². The Kier molecular flexibility index (Phi) is 2.51. The highest BCUT2D eigenvalue weighted by Gasteiger charge is 2.18. The van der Waals surface area contributed by atoms with Gasteiger partial charge in [-0.15, -0.1) is 11.3 Å². The molecule has 1 aliphatic heterocycles. The second kappa shape index (κ2) is 3.64. The first-order valence-electron chi connectivity index (χ1n) is 4.68. The van der Waals surface area contributed by atoms with Crippen molar-refractivity contribution >= 4 is 16.5 Å². The Bertz CT molecular complexity index is 284. The lowest BCUT2D eigenvalue weighted by Gasteiger charge is -2.30. The lowest BCUT2D eigenvalue weighted by atomic mass is 10.1. The highest BCUT2D eigenvalue weighted by Crippen LogP contribution is 2.23. The number of hydrogen-bond donors (Lipinski definition) is 1. The van der Waals surface area contributed by atoms with Crippen LogP contribution in [0.15, 0.2) is 5.38 Å². The number of thiazole rings is 1. The molecular formula is C9H15N3S. The minimum Gasteiger partial charge on any atom is -0.347 e. The van der Waals surface area contributed by atoms with Crippen molar-refractivity contribution in [1.82, 2.24) is 4.98 Å². The Labute approximate surface area is 82.6 Å². The molecule has 1 saturated heterocycles. The monoisotopic (exact) mass is 197 g/mol. The van der Waals surface area contributed by atoms with Gasteiger partial charge in [0.2, 0.25) is 0 Å². The molecule has 0 saturated carbocycles. The van der Waals surface area contributed by atoms with Gasteiger partial charge in [-0.05, 0) is 19.8 Å². The summed E-state index contributed by atoms with van der Waals surface area (Å²) in [4.78, 5) is 6.76. The van der Waals surface area contributed by atoms with E-state index in [0.717, 1.165) is 30.3 Å². The molecule has 1 aliphatic rings. The molecule has 2 N–H and O–H groups in total. The van der Waals surface area contributed by atoms with Gasteiger partial charge in [0.1, 0.15) is 0 Å². The van der Waals surface area contributed by atoms with Gasteiger partial charge in [0, 0.05) is 24.5 Å². The van der Waals surface area contributed by atoms with E-state index in [0.29, 0.717) is 6.04 Å². The average molecular weight is 197 g/mol. The zero-order valence-corrected chi connectivity index (χ0v) is 8.68. The maximum Gasteiger partial charge on any atom is 0.185 e. The number of nitrogens with zero attached hydrogens (tertiary/aromatic N) is 2. The summed E-state index contributed by atoms with van der Waals surface area (Å²) in [5.41, 5.74) is 7.01. The van der Waals surface area contributed by atoms with Crippen LogP contribution in [0.2, 0.25) is 0 Å². The summed E-state index contributed by atoms with van der Waals surface area (Å²) >= 11 is 1.72. The molecule has 1 fully saturated rings. The summed E-state index contributed by atoms with van der Waals surface area (Å²) in [6.07, 6.45) is 2.35. The molecule has 1 aromatic heterocycles. The predicted octanol–water partition coefficient (Wildman–Crippen LogP) is 1.38. The van der Waals surface area contributed by atoms with Crippen molar-refractivity contribution in [2.75, 3.05) is 18.0 Å². The average Bonchev–Trinajstić information content (AvgIpc) is 2.52. The number of aryl methyl sites for hydroxylation is 1. The van der Waals surface area contributed by atoms with Crippen LogP contribution in [0.1, 0.15) is 18.5 Å². The Morgan fingerprint density at radius 1 is 1.69 bits per heavy atom. The van der Waals surface area contributed by atoms with Gasteiger partial charge in [0.05, 0.1) is 5.69 Å². The van der Waals surface area contributed by atoms with Crippen LogP contribution in [0, 0.1) is 6.92 Å². The molecule has 1 unspecified atom stereocenters. The summed E-state index contributed by atoms with van der Waals surface area (Å²) < 4.78 is 0. The van der Waals surface area contributed by atoms with Crippen molar-refractivity contribution in [2.45, 2.75) is 25.8 Å². The third-order valence-corrected chi connectivity index (χ3v) is 3.35. The lowest BCUT2D eigenvalue weighted by Crippen LogP contribution is -2.42. The first kappa shape index (κ1) is 8.97. The van der Waals surface area contributed by atoms with E-state index < -0.39 is 0 Å². The van der Waals surface area contributed by atoms with E-state index in [2.05, 4.69) is 15.3 Å². The van der Waals surface area contributed by atoms with E-state index in [1.54, 1.807) is 11.3 Å². The number of aromatic nitrogens is 1. The van der Waals surface area contributed by atoms with Gasteiger partial charge in [-0.2, -0.15) is 0 Å². The number of piperidine rings is 1. The van der Waals surface area contributed by atoms with Gasteiger partial charge in [0.15, 0.2) is 5.13 Å². The summed E-state index contributed by atoms with van der Waals surface area (Å²) in [5.74, 6) is 0. The Hall–Kier alpha value is -0.610. The van der Waals surface area contributed by atoms with Gasteiger partial charge in [0.25, 0.3) is 0 Å². The quantitative estimate of drug-likeness (QED) is 0.739. The molecule has 4 heteroatoms. The van der Waals surface area contributed by atoms with Crippen molar-refractivity contribution < 1.29 is 0 Å². The number of nitrogens with two attached hydrogens (primary N) is 1. The molecule has 0 aliphatic carbocycles. The molecule has 0 radical (unpaired) electrons. The second-order valence-electron chi connectivity index (χ2n) is 3.62. The molecular weight excluding hydrogens is 182 g/mol. The summed E-state index contributed by atoms with van der Waals surface area (Å²) in [6, 6.07) is 0.331. The van der Waals surface area contributed by atoms with Crippen LogP contribution in [0.25, 0.3) is 0 Å². The largest absolute Gasteiger partial charge is 0.347 e. The number of rotatable bonds is 1. The minimum atomic E-state index is 0.331. The second-order valence-corrected chi connectivity index (χ2v) is 4.46. The summed E-state index contributed by atoms with van der Waals surface area (Å²) in [6.45, 7) is 4.11. The van der Waals surface area contributed by atoms with E-state index in [1.165, 1.54) is 6.42 Å². The fraction of sp³-hybridized carbons (Fsp3) is 0.667. The van der Waals surface area contributed by atoms with Crippen LogP contribution >= 0.6 is 11.3 Å². The minimum absolute atomic E-state index is 0.331. The Morgan fingerprint density at radius 3 is 3.15 bits per heavy atom. The van der Waals surface area contributed by atoms with Crippen LogP contribution in [0.5, 0.6) is 0 Å². The molecule has 2 heterocycles. The van der Waals surface area contributed by atoms with E-state index in [1.807, 2.05) is 6.92 Å². The maximum absolute atomic E-state index is 5.90.